The summed E-state index contributed by atoms with van der Waals surface area (Å²) in [5.41, 5.74) is 0.876. The van der Waals surface area contributed by atoms with Gasteiger partial charge in [0.05, 0.1) is 0 Å². The molecule has 1 aliphatic rings. The number of nitrogens with one attached hydrogen (secondary N) is 1. The molecule has 1 heterocycles. The van der Waals surface area contributed by atoms with Gasteiger partial charge >= 0.3 is 0 Å². The quantitative estimate of drug-likeness (QED) is 0.888. The highest BCUT2D eigenvalue weighted by molar-refractivity contribution is 9.10. The van der Waals surface area contributed by atoms with Crippen LogP contribution in [0.2, 0.25) is 0 Å². The van der Waals surface area contributed by atoms with Gasteiger partial charge in [0.15, 0.2) is 0 Å². The Morgan fingerprint density at radius 2 is 1.96 bits per heavy atom. The van der Waals surface area contributed by atoms with Crippen molar-refractivity contribution in [2.45, 2.75) is 45.2 Å². The second-order valence-corrected chi connectivity index (χ2v) is 7.09. The molecule has 0 aliphatic heterocycles. The fraction of sp³-hybridized carbons (Fsp3) is 0.500. The molecule has 2 aromatic rings. The van der Waals surface area contributed by atoms with Crippen molar-refractivity contribution in [3.8, 4) is 11.4 Å². The summed E-state index contributed by atoms with van der Waals surface area (Å²) in [6.45, 7) is 2.37. The van der Waals surface area contributed by atoms with Crippen LogP contribution in [0.15, 0.2) is 28.7 Å². The number of nitrogens with zero attached hydrogens (tertiary/aromatic N) is 4. The van der Waals surface area contributed by atoms with Gasteiger partial charge in [-0.15, -0.1) is 10.2 Å². The predicted molar refractivity (Wildman–Crippen MR) is 90.5 cm³/mol. The largest absolute Gasteiger partial charge is 0.352 e. The molecule has 3 rings (SSSR count). The molecule has 0 spiro atoms. The highest BCUT2D eigenvalue weighted by atomic mass is 79.9. The maximum Gasteiger partial charge on any atom is 0.243 e. The fourth-order valence-electron chi connectivity index (χ4n) is 2.83. The third-order valence-electron chi connectivity index (χ3n) is 4.22. The monoisotopic (exact) mass is 377 g/mol. The molecule has 1 fully saturated rings. The minimum absolute atomic E-state index is 0.0516. The van der Waals surface area contributed by atoms with Crippen LogP contribution in [-0.2, 0) is 11.3 Å². The Hall–Kier alpha value is -1.76. The van der Waals surface area contributed by atoms with Gasteiger partial charge < -0.3 is 5.32 Å². The highest BCUT2D eigenvalue weighted by Crippen LogP contribution is 2.23. The van der Waals surface area contributed by atoms with Gasteiger partial charge in [-0.1, -0.05) is 22.9 Å². The minimum Gasteiger partial charge on any atom is -0.352 e. The van der Waals surface area contributed by atoms with E-state index < -0.39 is 0 Å². The molecule has 1 saturated carbocycles. The molecule has 1 aromatic heterocycles. The van der Waals surface area contributed by atoms with Gasteiger partial charge in [-0.3, -0.25) is 4.79 Å². The van der Waals surface area contributed by atoms with Crippen molar-refractivity contribution in [2.24, 2.45) is 5.92 Å². The van der Waals surface area contributed by atoms with Gasteiger partial charge in [-0.05, 0) is 61.1 Å². The molecule has 0 bridgehead atoms. The molecule has 6 nitrogen and oxygen atoms in total. The lowest BCUT2D eigenvalue weighted by molar-refractivity contribution is -0.123. The van der Waals surface area contributed by atoms with Crippen LogP contribution in [0.4, 0.5) is 0 Å². The summed E-state index contributed by atoms with van der Waals surface area (Å²) in [7, 11) is 0. The number of hydrogen-bond acceptors (Lipinski definition) is 4. The topological polar surface area (TPSA) is 72.7 Å². The Labute approximate surface area is 143 Å². The van der Waals surface area contributed by atoms with Crippen LogP contribution in [0.5, 0.6) is 0 Å². The molecule has 0 radical (unpaired) electrons. The number of benzene rings is 1. The predicted octanol–water partition coefficient (Wildman–Crippen LogP) is 2.80. The number of carbonyl (C=O) groups excluding carboxylic acids is 1. The fourth-order valence-corrected chi connectivity index (χ4v) is 3.10. The third kappa shape index (κ3) is 4.37. The summed E-state index contributed by atoms with van der Waals surface area (Å²) in [5, 5.41) is 15.3. The summed E-state index contributed by atoms with van der Waals surface area (Å²) in [6, 6.07) is 7.96. The van der Waals surface area contributed by atoms with Gasteiger partial charge in [0.2, 0.25) is 11.7 Å². The normalized spacial score (nSPS) is 21.1. The van der Waals surface area contributed by atoms with E-state index in [1.165, 1.54) is 17.6 Å². The van der Waals surface area contributed by atoms with Gasteiger partial charge in [-0.2, -0.15) is 4.80 Å². The summed E-state index contributed by atoms with van der Waals surface area (Å²) in [5.74, 6) is 1.25. The van der Waals surface area contributed by atoms with Crippen LogP contribution in [-0.4, -0.2) is 32.2 Å². The zero-order valence-electron chi connectivity index (χ0n) is 13.1. The van der Waals surface area contributed by atoms with Crippen molar-refractivity contribution in [1.82, 2.24) is 25.5 Å². The van der Waals surface area contributed by atoms with E-state index >= 15 is 0 Å². The maximum absolute atomic E-state index is 12.1. The lowest BCUT2D eigenvalue weighted by Crippen LogP contribution is -2.39. The molecular weight excluding hydrogens is 358 g/mol. The smallest absolute Gasteiger partial charge is 0.243 e. The van der Waals surface area contributed by atoms with Crippen molar-refractivity contribution < 1.29 is 4.79 Å². The SMILES string of the molecule is CC1CCC(NC(=O)Cn2nnc(-c3ccc(Br)cc3)n2)CC1. The standard InChI is InChI=1S/C16H20BrN5O/c1-11-2-8-14(9-3-11)18-15(23)10-22-20-16(19-21-22)12-4-6-13(17)7-5-12/h4-7,11,14H,2-3,8-10H2,1H3,(H,18,23). The average Bonchev–Trinajstić information content (AvgIpc) is 2.98. The van der Waals surface area contributed by atoms with Crippen molar-refractivity contribution in [1.29, 1.82) is 0 Å². The zero-order valence-corrected chi connectivity index (χ0v) is 14.7. The Balaban J connectivity index is 1.56. The van der Waals surface area contributed by atoms with E-state index in [0.717, 1.165) is 28.8 Å². The van der Waals surface area contributed by atoms with Crippen LogP contribution in [0, 0.1) is 5.92 Å². The first-order valence-electron chi connectivity index (χ1n) is 7.93. The molecule has 122 valence electrons. The number of amides is 1. The van der Waals surface area contributed by atoms with E-state index in [0.29, 0.717) is 5.82 Å². The average molecular weight is 378 g/mol. The van der Waals surface area contributed by atoms with Gasteiger partial charge in [0.25, 0.3) is 0 Å². The molecule has 1 aromatic carbocycles. The number of hydrogen-bond donors (Lipinski definition) is 1. The van der Waals surface area contributed by atoms with Gasteiger partial charge in [-0.25, -0.2) is 0 Å². The first-order valence-corrected chi connectivity index (χ1v) is 8.72. The summed E-state index contributed by atoms with van der Waals surface area (Å²) < 4.78 is 0.995. The number of rotatable bonds is 4. The lowest BCUT2D eigenvalue weighted by Gasteiger charge is -2.26. The molecule has 1 aliphatic carbocycles. The van der Waals surface area contributed by atoms with Crippen LogP contribution in [0.1, 0.15) is 32.6 Å². The minimum atomic E-state index is -0.0516. The van der Waals surface area contributed by atoms with E-state index in [9.17, 15) is 4.79 Å². The molecular formula is C16H20BrN5O. The number of halogens is 1. The van der Waals surface area contributed by atoms with Crippen molar-refractivity contribution >= 4 is 21.8 Å². The second-order valence-electron chi connectivity index (χ2n) is 6.17. The van der Waals surface area contributed by atoms with E-state index in [-0.39, 0.29) is 18.5 Å². The van der Waals surface area contributed by atoms with E-state index in [1.807, 2.05) is 24.3 Å². The zero-order chi connectivity index (χ0) is 16.2. The molecule has 7 heteroatoms. The lowest BCUT2D eigenvalue weighted by atomic mass is 9.87. The van der Waals surface area contributed by atoms with E-state index in [4.69, 9.17) is 0 Å². The number of tetrazole rings is 1. The van der Waals surface area contributed by atoms with E-state index in [2.05, 4.69) is 43.6 Å². The molecule has 0 unspecified atom stereocenters. The number of carbonyl (C=O) groups is 1. The first-order chi connectivity index (χ1) is 11.1. The first kappa shape index (κ1) is 16.1. The Morgan fingerprint density at radius 3 is 2.65 bits per heavy atom. The Morgan fingerprint density at radius 1 is 1.26 bits per heavy atom. The maximum atomic E-state index is 12.1. The van der Waals surface area contributed by atoms with Crippen molar-refractivity contribution in [2.75, 3.05) is 0 Å². The second kappa shape index (κ2) is 7.21. The third-order valence-corrected chi connectivity index (χ3v) is 4.75. The molecule has 1 amide bonds. The van der Waals surface area contributed by atoms with Crippen LogP contribution in [0.25, 0.3) is 11.4 Å². The Kier molecular flexibility index (Phi) is 5.05. The summed E-state index contributed by atoms with van der Waals surface area (Å²) in [4.78, 5) is 13.5. The van der Waals surface area contributed by atoms with Gasteiger partial charge in [0.1, 0.15) is 6.54 Å². The van der Waals surface area contributed by atoms with Crippen molar-refractivity contribution in [3.63, 3.8) is 0 Å². The van der Waals surface area contributed by atoms with Crippen LogP contribution >= 0.6 is 15.9 Å². The van der Waals surface area contributed by atoms with E-state index in [1.54, 1.807) is 0 Å². The summed E-state index contributed by atoms with van der Waals surface area (Å²) in [6.07, 6.45) is 4.48. The molecule has 0 atom stereocenters. The molecule has 1 N–H and O–H groups in total. The van der Waals surface area contributed by atoms with Crippen LogP contribution in [0.3, 0.4) is 0 Å². The highest BCUT2D eigenvalue weighted by Gasteiger charge is 2.20. The van der Waals surface area contributed by atoms with Gasteiger partial charge in [0, 0.05) is 16.1 Å². The van der Waals surface area contributed by atoms with Crippen LogP contribution < -0.4 is 5.32 Å². The van der Waals surface area contributed by atoms with Crippen molar-refractivity contribution in [3.05, 3.63) is 28.7 Å². The summed E-state index contributed by atoms with van der Waals surface area (Å²) >= 11 is 3.39. The number of aromatic nitrogens is 4. The molecule has 0 saturated heterocycles. The molecule has 23 heavy (non-hydrogen) atoms. The Bertz CT molecular complexity index is 661.